The van der Waals surface area contributed by atoms with Crippen LogP contribution >= 0.6 is 0 Å². The maximum Gasteiger partial charge on any atom is 0.312 e. The Morgan fingerprint density at radius 1 is 1.00 bits per heavy atom. The van der Waals surface area contributed by atoms with Crippen molar-refractivity contribution < 1.29 is 9.53 Å². The summed E-state index contributed by atoms with van der Waals surface area (Å²) in [5.74, 6) is -0.0926. The Hall–Kier alpha value is -0.530. The molecule has 0 rings (SSSR count). The average molecular weight is 214 g/mol. The van der Waals surface area contributed by atoms with Gasteiger partial charge in [0.1, 0.15) is 5.60 Å². The minimum absolute atomic E-state index is 0.0793. The lowest BCUT2D eigenvalue weighted by Gasteiger charge is -2.40. The molecule has 0 aliphatic rings. The van der Waals surface area contributed by atoms with E-state index in [1.165, 1.54) is 0 Å². The molecule has 0 saturated carbocycles. The van der Waals surface area contributed by atoms with E-state index in [4.69, 9.17) is 4.74 Å². The minimum atomic E-state index is -0.416. The van der Waals surface area contributed by atoms with Crippen molar-refractivity contribution in [3.05, 3.63) is 0 Å². The van der Waals surface area contributed by atoms with Gasteiger partial charge in [-0.05, 0) is 39.5 Å². The second kappa shape index (κ2) is 4.15. The van der Waals surface area contributed by atoms with Gasteiger partial charge in [0.05, 0.1) is 5.41 Å². The Bertz CT molecular complexity index is 230. The molecule has 0 aliphatic heterocycles. The van der Waals surface area contributed by atoms with E-state index < -0.39 is 11.0 Å². The molecule has 2 nitrogen and oxygen atoms in total. The van der Waals surface area contributed by atoms with Crippen LogP contribution in [0.3, 0.4) is 0 Å². The maximum absolute atomic E-state index is 12.1. The van der Waals surface area contributed by atoms with E-state index in [0.29, 0.717) is 0 Å². The maximum atomic E-state index is 12.1. The average Bonchev–Trinajstić information content (AvgIpc) is 1.97. The standard InChI is InChI=1S/C13H26O2/c1-9-13(8,11(2,3)4)10(14)15-12(5,6)7/h9H2,1-8H3. The third-order valence-corrected chi connectivity index (χ3v) is 3.21. The molecule has 0 spiro atoms. The van der Waals surface area contributed by atoms with Crippen LogP contribution in [-0.2, 0) is 9.53 Å². The second-order valence-corrected chi connectivity index (χ2v) is 6.44. The van der Waals surface area contributed by atoms with E-state index in [1.54, 1.807) is 0 Å². The minimum Gasteiger partial charge on any atom is -0.460 e. The van der Waals surface area contributed by atoms with Gasteiger partial charge in [-0.15, -0.1) is 0 Å². The highest BCUT2D eigenvalue weighted by Gasteiger charge is 2.45. The first kappa shape index (κ1) is 14.5. The predicted molar refractivity (Wildman–Crippen MR) is 63.7 cm³/mol. The summed E-state index contributed by atoms with van der Waals surface area (Å²) in [4.78, 5) is 12.1. The molecule has 1 atom stereocenters. The molecule has 0 amide bonds. The molecule has 15 heavy (non-hydrogen) atoms. The van der Waals surface area contributed by atoms with Gasteiger partial charge in [-0.3, -0.25) is 4.79 Å². The largest absolute Gasteiger partial charge is 0.460 e. The number of hydrogen-bond acceptors (Lipinski definition) is 2. The first-order valence-corrected chi connectivity index (χ1v) is 5.67. The molecule has 0 aliphatic carbocycles. The van der Waals surface area contributed by atoms with Crippen LogP contribution in [0.5, 0.6) is 0 Å². The van der Waals surface area contributed by atoms with Crippen LogP contribution in [-0.4, -0.2) is 11.6 Å². The molecule has 0 saturated heterocycles. The second-order valence-electron chi connectivity index (χ2n) is 6.44. The Labute approximate surface area is 94.4 Å². The van der Waals surface area contributed by atoms with Gasteiger partial charge in [0.15, 0.2) is 0 Å². The zero-order chi connectivity index (χ0) is 12.5. The van der Waals surface area contributed by atoms with Crippen molar-refractivity contribution in [2.24, 2.45) is 10.8 Å². The van der Waals surface area contributed by atoms with Crippen molar-refractivity contribution in [1.29, 1.82) is 0 Å². The number of hydrogen-bond donors (Lipinski definition) is 0. The summed E-state index contributed by atoms with van der Waals surface area (Å²) in [7, 11) is 0. The van der Waals surface area contributed by atoms with E-state index in [9.17, 15) is 4.79 Å². The summed E-state index contributed by atoms with van der Waals surface area (Å²) >= 11 is 0. The van der Waals surface area contributed by atoms with Crippen LogP contribution in [0.1, 0.15) is 61.8 Å². The quantitative estimate of drug-likeness (QED) is 0.654. The molecule has 90 valence electrons. The van der Waals surface area contributed by atoms with Crippen molar-refractivity contribution in [2.75, 3.05) is 0 Å². The Morgan fingerprint density at radius 3 is 1.60 bits per heavy atom. The molecule has 0 radical (unpaired) electrons. The van der Waals surface area contributed by atoms with Crippen molar-refractivity contribution in [2.45, 2.75) is 67.4 Å². The van der Waals surface area contributed by atoms with Crippen molar-refractivity contribution in [1.82, 2.24) is 0 Å². The van der Waals surface area contributed by atoms with Crippen LogP contribution in [0.2, 0.25) is 0 Å². The van der Waals surface area contributed by atoms with Crippen molar-refractivity contribution in [3.8, 4) is 0 Å². The molecule has 0 bridgehead atoms. The molecular weight excluding hydrogens is 188 g/mol. The summed E-state index contributed by atoms with van der Waals surface area (Å²) < 4.78 is 5.48. The number of carbonyl (C=O) groups excluding carboxylic acids is 1. The lowest BCUT2D eigenvalue weighted by Crippen LogP contribution is -2.43. The molecule has 0 N–H and O–H groups in total. The Kier molecular flexibility index (Phi) is 4.00. The third-order valence-electron chi connectivity index (χ3n) is 3.21. The van der Waals surface area contributed by atoms with Gasteiger partial charge in [-0.2, -0.15) is 0 Å². The van der Waals surface area contributed by atoms with Crippen LogP contribution < -0.4 is 0 Å². The normalized spacial score (nSPS) is 17.1. The molecule has 0 aromatic rings. The molecule has 0 heterocycles. The Balaban J connectivity index is 4.92. The van der Waals surface area contributed by atoms with Gasteiger partial charge in [0.25, 0.3) is 0 Å². The molecule has 0 fully saturated rings. The van der Waals surface area contributed by atoms with E-state index >= 15 is 0 Å². The zero-order valence-corrected chi connectivity index (χ0v) is 11.5. The van der Waals surface area contributed by atoms with E-state index in [0.717, 1.165) is 6.42 Å². The molecule has 1 unspecified atom stereocenters. The molecule has 2 heteroatoms. The third kappa shape index (κ3) is 3.51. The lowest BCUT2D eigenvalue weighted by molar-refractivity contribution is -0.174. The smallest absolute Gasteiger partial charge is 0.312 e. The summed E-state index contributed by atoms with van der Waals surface area (Å²) in [6.07, 6.45) is 0.797. The van der Waals surface area contributed by atoms with Gasteiger partial charge in [0, 0.05) is 0 Å². The van der Waals surface area contributed by atoms with Crippen LogP contribution in [0.4, 0.5) is 0 Å². The van der Waals surface area contributed by atoms with Gasteiger partial charge in [0.2, 0.25) is 0 Å². The summed E-state index contributed by atoms with van der Waals surface area (Å²) in [5, 5.41) is 0. The highest BCUT2D eigenvalue weighted by Crippen LogP contribution is 2.42. The monoisotopic (exact) mass is 214 g/mol. The molecule has 0 aromatic heterocycles. The summed E-state index contributed by atoms with van der Waals surface area (Å²) in [6.45, 7) is 16.0. The summed E-state index contributed by atoms with van der Waals surface area (Å²) in [6, 6.07) is 0. The van der Waals surface area contributed by atoms with Crippen LogP contribution in [0.25, 0.3) is 0 Å². The Morgan fingerprint density at radius 2 is 1.40 bits per heavy atom. The van der Waals surface area contributed by atoms with Crippen LogP contribution in [0.15, 0.2) is 0 Å². The van der Waals surface area contributed by atoms with E-state index in [2.05, 4.69) is 20.8 Å². The zero-order valence-electron chi connectivity index (χ0n) is 11.5. The van der Waals surface area contributed by atoms with Gasteiger partial charge in [-0.25, -0.2) is 0 Å². The highest BCUT2D eigenvalue weighted by molar-refractivity contribution is 5.77. The fourth-order valence-corrected chi connectivity index (χ4v) is 1.37. The van der Waals surface area contributed by atoms with Gasteiger partial charge >= 0.3 is 5.97 Å². The van der Waals surface area contributed by atoms with Gasteiger partial charge < -0.3 is 4.74 Å². The predicted octanol–water partition coefficient (Wildman–Crippen LogP) is 3.79. The fraction of sp³-hybridized carbons (Fsp3) is 0.923. The molecular formula is C13H26O2. The van der Waals surface area contributed by atoms with Crippen molar-refractivity contribution >= 4 is 5.97 Å². The fourth-order valence-electron chi connectivity index (χ4n) is 1.37. The number of carbonyl (C=O) groups is 1. The number of rotatable bonds is 2. The highest BCUT2D eigenvalue weighted by atomic mass is 16.6. The molecule has 0 aromatic carbocycles. The number of esters is 1. The number of ether oxygens (including phenoxy) is 1. The summed E-state index contributed by atoms with van der Waals surface area (Å²) in [5.41, 5.74) is -0.900. The van der Waals surface area contributed by atoms with Crippen LogP contribution in [0, 0.1) is 10.8 Å². The SMILES string of the molecule is CCC(C)(C(=O)OC(C)(C)C)C(C)(C)C. The first-order chi connectivity index (χ1) is 6.44. The van der Waals surface area contributed by atoms with E-state index in [1.807, 2.05) is 34.6 Å². The first-order valence-electron chi connectivity index (χ1n) is 5.67. The lowest BCUT2D eigenvalue weighted by atomic mass is 9.66. The van der Waals surface area contributed by atoms with Gasteiger partial charge in [-0.1, -0.05) is 27.7 Å². The van der Waals surface area contributed by atoms with Crippen molar-refractivity contribution in [3.63, 3.8) is 0 Å². The topological polar surface area (TPSA) is 26.3 Å². The van der Waals surface area contributed by atoms with E-state index in [-0.39, 0.29) is 11.4 Å².